The molecule has 0 saturated carbocycles. The Balaban J connectivity index is 1.47. The molecule has 2 aromatic heterocycles. The second kappa shape index (κ2) is 11.4. The van der Waals surface area contributed by atoms with E-state index in [2.05, 4.69) is 83.7 Å². The molecule has 0 aliphatic heterocycles. The van der Waals surface area contributed by atoms with E-state index in [1.807, 2.05) is 22.9 Å². The van der Waals surface area contributed by atoms with E-state index >= 15 is 0 Å². The molecule has 0 saturated heterocycles. The maximum absolute atomic E-state index is 13.7. The molecule has 1 aliphatic carbocycles. The van der Waals surface area contributed by atoms with Crippen molar-refractivity contribution in [3.63, 3.8) is 0 Å². The largest absolute Gasteiger partial charge is 0.461 e. The minimum Gasteiger partial charge on any atom is -0.461 e. The lowest BCUT2D eigenvalue weighted by Crippen LogP contribution is -2.38. The number of aryl methyl sites for hydroxylation is 1. The fourth-order valence-electron chi connectivity index (χ4n) is 6.42. The number of hydrogen-bond acceptors (Lipinski definition) is 4. The molecule has 218 valence electrons. The maximum Gasteiger partial charge on any atom is 0.359 e. The third-order valence-corrected chi connectivity index (χ3v) is 8.34. The number of halogens is 1. The number of fused-ring (bicyclic) bond motifs is 3. The van der Waals surface area contributed by atoms with E-state index in [1.165, 1.54) is 12.1 Å². The van der Waals surface area contributed by atoms with Gasteiger partial charge in [0, 0.05) is 17.3 Å². The molecule has 6 aromatic rings. The van der Waals surface area contributed by atoms with E-state index in [1.54, 1.807) is 19.1 Å². The Bertz CT molecular complexity index is 1820. The lowest BCUT2D eigenvalue weighted by atomic mass is 9.77. The molecule has 44 heavy (non-hydrogen) atoms. The highest BCUT2D eigenvalue weighted by molar-refractivity contribution is 5.92. The Morgan fingerprint density at radius 3 is 1.91 bits per heavy atom. The molecular formula is C37H31FN4O2. The maximum atomic E-state index is 13.7. The van der Waals surface area contributed by atoms with Gasteiger partial charge in [0.05, 0.1) is 24.5 Å². The number of carbonyl (C=O) groups is 1. The van der Waals surface area contributed by atoms with Crippen molar-refractivity contribution in [2.24, 2.45) is 0 Å². The first-order valence-electron chi connectivity index (χ1n) is 14.9. The molecule has 0 unspecified atom stereocenters. The topological polar surface area (TPSA) is 61.9 Å². The molecule has 0 amide bonds. The van der Waals surface area contributed by atoms with Crippen LogP contribution < -0.4 is 0 Å². The van der Waals surface area contributed by atoms with Crippen LogP contribution in [0.1, 0.15) is 50.9 Å². The van der Waals surface area contributed by atoms with Crippen LogP contribution in [-0.2, 0) is 29.7 Å². The van der Waals surface area contributed by atoms with E-state index in [9.17, 15) is 9.18 Å². The minimum atomic E-state index is -0.771. The Hall–Kier alpha value is -5.30. The monoisotopic (exact) mass is 582 g/mol. The zero-order valence-electron chi connectivity index (χ0n) is 24.4. The highest BCUT2D eigenvalue weighted by atomic mass is 19.1. The Labute approximate surface area is 255 Å². The number of esters is 1. The first kappa shape index (κ1) is 27.5. The van der Waals surface area contributed by atoms with Gasteiger partial charge in [-0.15, -0.1) is 0 Å². The van der Waals surface area contributed by atoms with Crippen molar-refractivity contribution in [3.05, 3.63) is 166 Å². The average molecular weight is 583 g/mol. The minimum absolute atomic E-state index is 0.259. The number of rotatable bonds is 8. The molecule has 6 nitrogen and oxygen atoms in total. The van der Waals surface area contributed by atoms with Gasteiger partial charge in [-0.2, -0.15) is 10.2 Å². The molecule has 0 fully saturated rings. The van der Waals surface area contributed by atoms with Gasteiger partial charge in [-0.05, 0) is 54.2 Å². The first-order chi connectivity index (χ1) is 21.6. The van der Waals surface area contributed by atoms with Crippen molar-refractivity contribution in [1.82, 2.24) is 19.6 Å². The summed E-state index contributed by atoms with van der Waals surface area (Å²) in [5, 5.41) is 10.1. The second-order valence-corrected chi connectivity index (χ2v) is 10.9. The second-order valence-electron chi connectivity index (χ2n) is 10.9. The molecular weight excluding hydrogens is 551 g/mol. The number of nitrogens with zero attached hydrogens (tertiary/aromatic N) is 4. The lowest BCUT2D eigenvalue weighted by molar-refractivity contribution is 0.0517. The van der Waals surface area contributed by atoms with Gasteiger partial charge in [-0.1, -0.05) is 103 Å². The third-order valence-electron chi connectivity index (χ3n) is 8.34. The summed E-state index contributed by atoms with van der Waals surface area (Å²) in [5.41, 5.74) is 7.19. The molecule has 0 atom stereocenters. The zero-order chi connectivity index (χ0) is 30.1. The van der Waals surface area contributed by atoms with Gasteiger partial charge in [0.15, 0.2) is 5.69 Å². The summed E-state index contributed by atoms with van der Waals surface area (Å²) in [6.07, 6.45) is 3.35. The molecule has 2 heterocycles. The van der Waals surface area contributed by atoms with E-state index in [4.69, 9.17) is 14.9 Å². The lowest BCUT2D eigenvalue weighted by Gasteiger charge is -2.36. The molecule has 0 bridgehead atoms. The number of ether oxygens (including phenoxy) is 1. The molecule has 7 rings (SSSR count). The zero-order valence-corrected chi connectivity index (χ0v) is 24.4. The molecule has 7 heteroatoms. The molecule has 0 radical (unpaired) electrons. The van der Waals surface area contributed by atoms with Crippen LogP contribution >= 0.6 is 0 Å². The van der Waals surface area contributed by atoms with Crippen molar-refractivity contribution in [1.29, 1.82) is 0 Å². The quantitative estimate of drug-likeness (QED) is 0.143. The SMILES string of the molecule is CCOC(=O)c1nn(Cc2ccc(F)cc2)c2c1CCc1nn(C(c3ccccc3)(c3ccccc3)c3ccccc3)cc1-2. The summed E-state index contributed by atoms with van der Waals surface area (Å²) < 4.78 is 23.1. The van der Waals surface area contributed by atoms with E-state index in [0.717, 1.165) is 44.8 Å². The van der Waals surface area contributed by atoms with Crippen LogP contribution in [0.3, 0.4) is 0 Å². The number of hydrogen-bond donors (Lipinski definition) is 0. The van der Waals surface area contributed by atoms with Gasteiger partial charge >= 0.3 is 5.97 Å². The Kier molecular flexibility index (Phi) is 7.14. The first-order valence-corrected chi connectivity index (χ1v) is 14.9. The number of aromatic nitrogens is 4. The number of carbonyl (C=O) groups excluding carboxylic acids is 1. The van der Waals surface area contributed by atoms with Crippen LogP contribution in [0.4, 0.5) is 4.39 Å². The summed E-state index contributed by atoms with van der Waals surface area (Å²) >= 11 is 0. The summed E-state index contributed by atoms with van der Waals surface area (Å²) in [6.45, 7) is 2.42. The van der Waals surface area contributed by atoms with Gasteiger partial charge in [0.2, 0.25) is 0 Å². The fourth-order valence-corrected chi connectivity index (χ4v) is 6.42. The van der Waals surface area contributed by atoms with E-state index in [0.29, 0.717) is 25.1 Å². The van der Waals surface area contributed by atoms with Crippen molar-refractivity contribution < 1.29 is 13.9 Å². The van der Waals surface area contributed by atoms with Gasteiger partial charge in [0.1, 0.15) is 11.4 Å². The van der Waals surface area contributed by atoms with Crippen LogP contribution in [0, 0.1) is 5.82 Å². The van der Waals surface area contributed by atoms with Crippen LogP contribution in [0.15, 0.2) is 121 Å². The predicted molar refractivity (Wildman–Crippen MR) is 167 cm³/mol. The highest BCUT2D eigenvalue weighted by Crippen LogP contribution is 2.43. The molecule has 0 spiro atoms. The normalized spacial score (nSPS) is 12.4. The van der Waals surface area contributed by atoms with Crippen LogP contribution in [0.5, 0.6) is 0 Å². The van der Waals surface area contributed by atoms with Crippen molar-refractivity contribution in [3.8, 4) is 11.3 Å². The summed E-state index contributed by atoms with van der Waals surface area (Å²) in [6, 6.07) is 37.6. The van der Waals surface area contributed by atoms with Gasteiger partial charge in [-0.25, -0.2) is 9.18 Å². The smallest absolute Gasteiger partial charge is 0.359 e. The summed E-state index contributed by atoms with van der Waals surface area (Å²) in [7, 11) is 0. The standard InChI is InChI=1S/C37H31FN4O2/c1-2-44-36(43)34-31-22-23-33-32(35(31)41(40-34)24-26-18-20-30(38)21-19-26)25-42(39-33)37(27-12-6-3-7-13-27,28-14-8-4-9-15-28)29-16-10-5-11-17-29/h3-21,25H,2,22-24H2,1H3. The molecule has 0 N–H and O–H groups in total. The Morgan fingerprint density at radius 1 is 0.795 bits per heavy atom. The van der Waals surface area contributed by atoms with Crippen molar-refractivity contribution in [2.75, 3.05) is 6.61 Å². The van der Waals surface area contributed by atoms with Crippen molar-refractivity contribution in [2.45, 2.75) is 31.8 Å². The summed E-state index contributed by atoms with van der Waals surface area (Å²) in [4.78, 5) is 13.1. The van der Waals surface area contributed by atoms with Crippen molar-refractivity contribution >= 4 is 5.97 Å². The fraction of sp³-hybridized carbons (Fsp3) is 0.162. The van der Waals surface area contributed by atoms with Crippen LogP contribution in [0.2, 0.25) is 0 Å². The van der Waals surface area contributed by atoms with E-state index in [-0.39, 0.29) is 12.4 Å². The van der Waals surface area contributed by atoms with Gasteiger partial charge in [-0.3, -0.25) is 9.36 Å². The van der Waals surface area contributed by atoms with Gasteiger partial charge in [0.25, 0.3) is 0 Å². The van der Waals surface area contributed by atoms with Gasteiger partial charge < -0.3 is 4.74 Å². The molecule has 1 aliphatic rings. The Morgan fingerprint density at radius 2 is 1.36 bits per heavy atom. The van der Waals surface area contributed by atoms with Crippen LogP contribution in [-0.4, -0.2) is 32.1 Å². The average Bonchev–Trinajstić information content (AvgIpc) is 3.66. The summed E-state index contributed by atoms with van der Waals surface area (Å²) in [5.74, 6) is -0.740. The molecule has 4 aromatic carbocycles. The van der Waals surface area contributed by atoms with E-state index < -0.39 is 11.5 Å². The number of benzene rings is 4. The highest BCUT2D eigenvalue weighted by Gasteiger charge is 2.41. The van der Waals surface area contributed by atoms with Crippen LogP contribution in [0.25, 0.3) is 11.3 Å². The predicted octanol–water partition coefficient (Wildman–Crippen LogP) is 7.05. The third kappa shape index (κ3) is 4.61.